The molecule has 0 radical (unpaired) electrons. The molecule has 0 saturated heterocycles. The Kier molecular flexibility index (Phi) is 7.01. The van der Waals surface area contributed by atoms with Gasteiger partial charge in [-0.25, -0.2) is 0 Å². The summed E-state index contributed by atoms with van der Waals surface area (Å²) in [4.78, 5) is 24.1. The lowest BCUT2D eigenvalue weighted by Crippen LogP contribution is -2.34. The highest BCUT2D eigenvalue weighted by atomic mass is 16.3. The van der Waals surface area contributed by atoms with Crippen molar-refractivity contribution in [1.29, 1.82) is 0 Å². The number of nitrogens with one attached hydrogen (secondary N) is 2. The topological polar surface area (TPSA) is 71.3 Å². The average molecular weight is 356 g/mol. The van der Waals surface area contributed by atoms with Gasteiger partial charge in [0.05, 0.1) is 17.9 Å². The van der Waals surface area contributed by atoms with E-state index >= 15 is 0 Å². The van der Waals surface area contributed by atoms with Crippen LogP contribution in [0.4, 0.5) is 0 Å². The highest BCUT2D eigenvalue weighted by molar-refractivity contribution is 5.94. The monoisotopic (exact) mass is 356 g/mol. The smallest absolute Gasteiger partial charge is 0.254 e. The molecule has 0 bridgehead atoms. The SMILES string of the molecule is CC(C)c1ccc(C(NC(=O)CCNC(=O)c2ccoc2)C(C)C)cc1. The quantitative estimate of drug-likeness (QED) is 0.750. The molecule has 0 saturated carbocycles. The van der Waals surface area contributed by atoms with Crippen molar-refractivity contribution in [2.45, 2.75) is 46.1 Å². The molecule has 1 unspecified atom stereocenters. The number of furan rings is 1. The van der Waals surface area contributed by atoms with E-state index in [9.17, 15) is 9.59 Å². The molecule has 5 heteroatoms. The molecule has 0 aliphatic heterocycles. The van der Waals surface area contributed by atoms with Crippen molar-refractivity contribution < 1.29 is 14.0 Å². The van der Waals surface area contributed by atoms with Crippen molar-refractivity contribution in [2.75, 3.05) is 6.54 Å². The third-order valence-corrected chi connectivity index (χ3v) is 4.37. The first-order valence-electron chi connectivity index (χ1n) is 9.08. The van der Waals surface area contributed by atoms with Crippen LogP contribution in [-0.4, -0.2) is 18.4 Å². The fraction of sp³-hybridized carbons (Fsp3) is 0.429. The fourth-order valence-electron chi connectivity index (χ4n) is 2.75. The first-order chi connectivity index (χ1) is 12.4. The Hall–Kier alpha value is -2.56. The van der Waals surface area contributed by atoms with Crippen LogP contribution in [-0.2, 0) is 4.79 Å². The van der Waals surface area contributed by atoms with E-state index in [1.165, 1.54) is 18.1 Å². The summed E-state index contributed by atoms with van der Waals surface area (Å²) in [6, 6.07) is 9.94. The molecule has 1 aromatic carbocycles. The molecular formula is C21H28N2O3. The molecule has 1 atom stereocenters. The third kappa shape index (κ3) is 5.48. The molecule has 0 fully saturated rings. The highest BCUT2D eigenvalue weighted by Crippen LogP contribution is 2.24. The van der Waals surface area contributed by atoms with Gasteiger partial charge in [0.25, 0.3) is 5.91 Å². The summed E-state index contributed by atoms with van der Waals surface area (Å²) in [6.45, 7) is 8.78. The standard InChI is InChI=1S/C21H28N2O3/c1-14(2)16-5-7-17(8-6-16)20(15(3)4)23-19(24)9-11-22-21(25)18-10-12-26-13-18/h5-8,10,12-15,20H,9,11H2,1-4H3,(H,22,25)(H,23,24). The molecule has 1 aromatic heterocycles. The van der Waals surface area contributed by atoms with Crippen LogP contribution in [0.3, 0.4) is 0 Å². The molecule has 0 spiro atoms. The minimum absolute atomic E-state index is 0.0479. The number of amides is 2. The van der Waals surface area contributed by atoms with E-state index in [1.54, 1.807) is 6.07 Å². The van der Waals surface area contributed by atoms with Gasteiger partial charge in [-0.2, -0.15) is 0 Å². The van der Waals surface area contributed by atoms with Crippen LogP contribution in [0, 0.1) is 5.92 Å². The van der Waals surface area contributed by atoms with Crippen LogP contribution in [0.1, 0.15) is 67.6 Å². The summed E-state index contributed by atoms with van der Waals surface area (Å²) in [5, 5.41) is 5.80. The molecule has 5 nitrogen and oxygen atoms in total. The second kappa shape index (κ2) is 9.22. The van der Waals surface area contributed by atoms with Crippen molar-refractivity contribution in [3.63, 3.8) is 0 Å². The van der Waals surface area contributed by atoms with E-state index in [1.807, 2.05) is 0 Å². The summed E-state index contributed by atoms with van der Waals surface area (Å²) in [7, 11) is 0. The van der Waals surface area contributed by atoms with Crippen LogP contribution < -0.4 is 10.6 Å². The Bertz CT molecular complexity index is 703. The van der Waals surface area contributed by atoms with E-state index < -0.39 is 0 Å². The first-order valence-corrected chi connectivity index (χ1v) is 9.08. The van der Waals surface area contributed by atoms with Gasteiger partial charge in [0.2, 0.25) is 5.91 Å². The van der Waals surface area contributed by atoms with Crippen molar-refractivity contribution >= 4 is 11.8 Å². The van der Waals surface area contributed by atoms with Gasteiger partial charge in [0.15, 0.2) is 0 Å². The van der Waals surface area contributed by atoms with E-state index in [0.717, 1.165) is 5.56 Å². The van der Waals surface area contributed by atoms with Gasteiger partial charge in [-0.15, -0.1) is 0 Å². The van der Waals surface area contributed by atoms with Crippen molar-refractivity contribution in [1.82, 2.24) is 10.6 Å². The Balaban J connectivity index is 1.88. The maximum absolute atomic E-state index is 12.3. The molecule has 2 N–H and O–H groups in total. The van der Waals surface area contributed by atoms with E-state index in [4.69, 9.17) is 4.42 Å². The van der Waals surface area contributed by atoms with Gasteiger partial charge in [-0.05, 0) is 29.0 Å². The molecule has 0 aliphatic carbocycles. The fourth-order valence-corrected chi connectivity index (χ4v) is 2.75. The van der Waals surface area contributed by atoms with Gasteiger partial charge in [0, 0.05) is 13.0 Å². The number of carbonyl (C=O) groups is 2. The summed E-state index contributed by atoms with van der Waals surface area (Å²) in [6.07, 6.45) is 3.06. The van der Waals surface area contributed by atoms with E-state index in [-0.39, 0.29) is 36.7 Å². The third-order valence-electron chi connectivity index (χ3n) is 4.37. The number of carbonyl (C=O) groups excluding carboxylic acids is 2. The Morgan fingerprint density at radius 2 is 1.65 bits per heavy atom. The predicted octanol–water partition coefficient (Wildman–Crippen LogP) is 4.04. The lowest BCUT2D eigenvalue weighted by molar-refractivity contribution is -0.122. The van der Waals surface area contributed by atoms with Gasteiger partial charge >= 0.3 is 0 Å². The van der Waals surface area contributed by atoms with Gasteiger partial charge in [-0.3, -0.25) is 9.59 Å². The zero-order valence-electron chi connectivity index (χ0n) is 15.9. The number of rotatable bonds is 8. The van der Waals surface area contributed by atoms with E-state index in [2.05, 4.69) is 62.6 Å². The number of hydrogen-bond donors (Lipinski definition) is 2. The zero-order valence-corrected chi connectivity index (χ0v) is 15.9. The van der Waals surface area contributed by atoms with Gasteiger partial charge < -0.3 is 15.1 Å². The summed E-state index contributed by atoms with van der Waals surface area (Å²) < 4.78 is 4.87. The summed E-state index contributed by atoms with van der Waals surface area (Å²) in [5.41, 5.74) is 2.83. The van der Waals surface area contributed by atoms with Crippen molar-refractivity contribution in [2.24, 2.45) is 5.92 Å². The molecule has 0 aliphatic rings. The van der Waals surface area contributed by atoms with Crippen molar-refractivity contribution in [3.05, 3.63) is 59.5 Å². The molecular weight excluding hydrogens is 328 g/mol. The number of hydrogen-bond acceptors (Lipinski definition) is 3. The first kappa shape index (κ1) is 19.8. The second-order valence-corrected chi connectivity index (χ2v) is 7.13. The lowest BCUT2D eigenvalue weighted by atomic mass is 9.93. The van der Waals surface area contributed by atoms with Crippen LogP contribution in [0.15, 0.2) is 47.3 Å². The minimum Gasteiger partial charge on any atom is -0.472 e. The van der Waals surface area contributed by atoms with Gasteiger partial charge in [-0.1, -0.05) is 52.0 Å². The largest absolute Gasteiger partial charge is 0.472 e. The number of benzene rings is 1. The zero-order chi connectivity index (χ0) is 19.1. The molecule has 2 amide bonds. The van der Waals surface area contributed by atoms with Crippen molar-refractivity contribution in [3.8, 4) is 0 Å². The second-order valence-electron chi connectivity index (χ2n) is 7.13. The van der Waals surface area contributed by atoms with Crippen LogP contribution in [0.5, 0.6) is 0 Å². The Labute approximate surface area is 155 Å². The van der Waals surface area contributed by atoms with Gasteiger partial charge in [0.1, 0.15) is 6.26 Å². The van der Waals surface area contributed by atoms with Crippen LogP contribution in [0.2, 0.25) is 0 Å². The van der Waals surface area contributed by atoms with Crippen LogP contribution in [0.25, 0.3) is 0 Å². The molecule has 26 heavy (non-hydrogen) atoms. The maximum Gasteiger partial charge on any atom is 0.254 e. The molecule has 140 valence electrons. The summed E-state index contributed by atoms with van der Waals surface area (Å²) in [5.74, 6) is 0.430. The highest BCUT2D eigenvalue weighted by Gasteiger charge is 2.18. The normalized spacial score (nSPS) is 12.2. The Morgan fingerprint density at radius 3 is 2.19 bits per heavy atom. The minimum atomic E-state index is -0.240. The lowest BCUT2D eigenvalue weighted by Gasteiger charge is -2.23. The molecule has 2 aromatic rings. The summed E-state index contributed by atoms with van der Waals surface area (Å²) >= 11 is 0. The molecule has 1 heterocycles. The van der Waals surface area contributed by atoms with Crippen LogP contribution >= 0.6 is 0 Å². The average Bonchev–Trinajstić information content (AvgIpc) is 3.14. The Morgan fingerprint density at radius 1 is 1.00 bits per heavy atom. The predicted molar refractivity (Wildman–Crippen MR) is 102 cm³/mol. The maximum atomic E-state index is 12.3. The van der Waals surface area contributed by atoms with E-state index in [0.29, 0.717) is 11.5 Å². The molecule has 2 rings (SSSR count).